The first-order valence-corrected chi connectivity index (χ1v) is 13.0. The number of nitrogens with one attached hydrogen (secondary N) is 1. The molecule has 0 saturated carbocycles. The van der Waals surface area contributed by atoms with Gasteiger partial charge >= 0.3 is 0 Å². The highest BCUT2D eigenvalue weighted by Crippen LogP contribution is 2.29. The molecule has 0 bridgehead atoms. The number of amides is 1. The minimum Gasteiger partial charge on any atom is -0.488 e. The molecule has 0 aromatic heterocycles. The van der Waals surface area contributed by atoms with E-state index in [1.165, 1.54) is 0 Å². The van der Waals surface area contributed by atoms with Gasteiger partial charge in [0.2, 0.25) is 0 Å². The van der Waals surface area contributed by atoms with Crippen LogP contribution in [0, 0.1) is 7.14 Å². The molecule has 0 unspecified atom stereocenters. The van der Waals surface area contributed by atoms with E-state index in [2.05, 4.69) is 55.7 Å². The van der Waals surface area contributed by atoms with Crippen LogP contribution >= 0.6 is 45.2 Å². The third kappa shape index (κ3) is 7.28. The van der Waals surface area contributed by atoms with Crippen LogP contribution in [0.15, 0.2) is 102 Å². The molecule has 5 nitrogen and oxygen atoms in total. The van der Waals surface area contributed by atoms with Crippen molar-refractivity contribution in [3.05, 3.63) is 126 Å². The van der Waals surface area contributed by atoms with E-state index >= 15 is 0 Å². The number of hydrogen-bond acceptors (Lipinski definition) is 4. The maximum Gasteiger partial charge on any atom is 0.275 e. The van der Waals surface area contributed by atoms with Crippen molar-refractivity contribution in [2.75, 3.05) is 0 Å². The third-order valence-corrected chi connectivity index (χ3v) is 6.60. The molecule has 0 heterocycles. The average molecular weight is 688 g/mol. The molecule has 4 aromatic rings. The molecule has 0 aliphatic rings. The lowest BCUT2D eigenvalue weighted by molar-refractivity contribution is 0.0950. The first-order valence-electron chi connectivity index (χ1n) is 10.8. The van der Waals surface area contributed by atoms with E-state index in [4.69, 9.17) is 9.47 Å². The van der Waals surface area contributed by atoms with Crippen LogP contribution in [-0.2, 0) is 13.2 Å². The highest BCUT2D eigenvalue weighted by Gasteiger charge is 2.12. The Morgan fingerprint density at radius 1 is 0.771 bits per heavy atom. The summed E-state index contributed by atoms with van der Waals surface area (Å²) < 4.78 is 13.9. The van der Waals surface area contributed by atoms with Gasteiger partial charge in [0.25, 0.3) is 5.91 Å². The second kappa shape index (κ2) is 12.7. The van der Waals surface area contributed by atoms with Crippen molar-refractivity contribution in [2.45, 2.75) is 13.2 Å². The van der Waals surface area contributed by atoms with Crippen LogP contribution in [-0.4, -0.2) is 12.1 Å². The van der Waals surface area contributed by atoms with Gasteiger partial charge in [-0.1, -0.05) is 72.8 Å². The Morgan fingerprint density at radius 3 is 1.94 bits per heavy atom. The normalized spacial score (nSPS) is 10.8. The highest BCUT2D eigenvalue weighted by atomic mass is 127. The Bertz CT molecular complexity index is 1290. The molecule has 0 atom stereocenters. The molecule has 1 amide bonds. The quantitative estimate of drug-likeness (QED) is 0.119. The lowest BCUT2D eigenvalue weighted by Crippen LogP contribution is -2.18. The van der Waals surface area contributed by atoms with Gasteiger partial charge in [-0.3, -0.25) is 4.79 Å². The summed E-state index contributed by atoms with van der Waals surface area (Å²) in [6, 6.07) is 30.9. The maximum absolute atomic E-state index is 12.7. The Labute approximate surface area is 231 Å². The van der Waals surface area contributed by atoms with E-state index in [-0.39, 0.29) is 5.91 Å². The zero-order chi connectivity index (χ0) is 24.5. The first-order chi connectivity index (χ1) is 17.1. The lowest BCUT2D eigenvalue weighted by atomic mass is 10.2. The minimum atomic E-state index is -0.336. The molecular formula is C28H22I2N2O3. The van der Waals surface area contributed by atoms with Crippen LogP contribution in [0.2, 0.25) is 0 Å². The van der Waals surface area contributed by atoms with Crippen molar-refractivity contribution in [1.29, 1.82) is 0 Å². The van der Waals surface area contributed by atoms with Crippen LogP contribution in [0.25, 0.3) is 0 Å². The second-order valence-electron chi connectivity index (χ2n) is 7.56. The number of hydrazone groups is 1. The standard InChI is InChI=1S/C28H22I2N2O3/c29-24-15-22(16-25(30)27(24)35-19-21-11-5-2-6-12-21)17-31-32-28(33)23-13-7-8-14-26(23)34-18-20-9-3-1-4-10-20/h1-17H,18-19H2,(H,32,33)/b31-17+. The Balaban J connectivity index is 1.38. The van der Waals surface area contributed by atoms with Crippen molar-refractivity contribution in [2.24, 2.45) is 5.10 Å². The molecule has 35 heavy (non-hydrogen) atoms. The number of rotatable bonds is 9. The monoisotopic (exact) mass is 688 g/mol. The van der Waals surface area contributed by atoms with Crippen LogP contribution in [0.3, 0.4) is 0 Å². The SMILES string of the molecule is O=C(N/N=C/c1cc(I)c(OCc2ccccc2)c(I)c1)c1ccccc1OCc1ccccc1. The van der Waals surface area contributed by atoms with Gasteiger partial charge in [-0.25, -0.2) is 5.43 Å². The minimum absolute atomic E-state index is 0.336. The Kier molecular flexibility index (Phi) is 9.13. The van der Waals surface area contributed by atoms with E-state index in [9.17, 15) is 4.79 Å². The molecule has 176 valence electrons. The van der Waals surface area contributed by atoms with Gasteiger partial charge in [-0.2, -0.15) is 5.10 Å². The smallest absolute Gasteiger partial charge is 0.275 e. The largest absolute Gasteiger partial charge is 0.488 e. The zero-order valence-electron chi connectivity index (χ0n) is 18.7. The average Bonchev–Trinajstić information content (AvgIpc) is 2.88. The van der Waals surface area contributed by atoms with Gasteiger partial charge in [0.05, 0.1) is 18.9 Å². The van der Waals surface area contributed by atoms with Crippen molar-refractivity contribution in [3.63, 3.8) is 0 Å². The molecule has 4 aromatic carbocycles. The molecule has 0 saturated heterocycles. The fraction of sp³-hybridized carbons (Fsp3) is 0.0714. The van der Waals surface area contributed by atoms with Crippen LogP contribution in [0.1, 0.15) is 27.0 Å². The summed E-state index contributed by atoms with van der Waals surface area (Å²) in [7, 11) is 0. The number of benzene rings is 4. The van der Waals surface area contributed by atoms with Crippen LogP contribution < -0.4 is 14.9 Å². The molecule has 0 aliphatic heterocycles. The first kappa shape index (κ1) is 25.2. The number of carbonyl (C=O) groups is 1. The maximum atomic E-state index is 12.7. The molecule has 0 spiro atoms. The topological polar surface area (TPSA) is 59.9 Å². The number of para-hydroxylation sites is 1. The fourth-order valence-electron chi connectivity index (χ4n) is 3.26. The van der Waals surface area contributed by atoms with E-state index in [0.717, 1.165) is 29.6 Å². The summed E-state index contributed by atoms with van der Waals surface area (Å²) in [5, 5.41) is 4.16. The van der Waals surface area contributed by atoms with E-state index in [0.29, 0.717) is 24.5 Å². The fourth-order valence-corrected chi connectivity index (χ4v) is 5.39. The van der Waals surface area contributed by atoms with Gasteiger partial charge in [-0.05, 0) is 86.1 Å². The predicted molar refractivity (Wildman–Crippen MR) is 155 cm³/mol. The molecule has 7 heteroatoms. The van der Waals surface area contributed by atoms with E-state index in [1.807, 2.05) is 78.9 Å². The number of halogens is 2. The zero-order valence-corrected chi connectivity index (χ0v) is 23.0. The predicted octanol–water partition coefficient (Wildman–Crippen LogP) is 6.82. The van der Waals surface area contributed by atoms with Gasteiger partial charge in [-0.15, -0.1) is 0 Å². The molecule has 1 N–H and O–H groups in total. The van der Waals surface area contributed by atoms with Crippen molar-refractivity contribution < 1.29 is 14.3 Å². The third-order valence-electron chi connectivity index (χ3n) is 5.00. The van der Waals surface area contributed by atoms with Gasteiger partial charge in [0, 0.05) is 0 Å². The Hall–Kier alpha value is -2.92. The highest BCUT2D eigenvalue weighted by molar-refractivity contribution is 14.1. The number of ether oxygens (including phenoxy) is 2. The summed E-state index contributed by atoms with van der Waals surface area (Å²) in [5.41, 5.74) is 6.03. The second-order valence-corrected chi connectivity index (χ2v) is 9.88. The number of carbonyl (C=O) groups excluding carboxylic acids is 1. The van der Waals surface area contributed by atoms with Gasteiger partial charge < -0.3 is 9.47 Å². The van der Waals surface area contributed by atoms with Gasteiger partial charge in [0.15, 0.2) is 0 Å². The lowest BCUT2D eigenvalue weighted by Gasteiger charge is -2.12. The van der Waals surface area contributed by atoms with E-state index in [1.54, 1.807) is 24.4 Å². The molecule has 0 fully saturated rings. The van der Waals surface area contributed by atoms with Gasteiger partial charge in [0.1, 0.15) is 24.7 Å². The van der Waals surface area contributed by atoms with Crippen molar-refractivity contribution >= 4 is 57.3 Å². The summed E-state index contributed by atoms with van der Waals surface area (Å²) in [5.74, 6) is 1.01. The van der Waals surface area contributed by atoms with Crippen molar-refractivity contribution in [1.82, 2.24) is 5.43 Å². The summed E-state index contributed by atoms with van der Waals surface area (Å²) in [6.07, 6.45) is 1.62. The van der Waals surface area contributed by atoms with E-state index < -0.39 is 0 Å². The number of nitrogens with zero attached hydrogens (tertiary/aromatic N) is 1. The molecule has 0 radical (unpaired) electrons. The van der Waals surface area contributed by atoms with Crippen LogP contribution in [0.5, 0.6) is 11.5 Å². The number of hydrogen-bond donors (Lipinski definition) is 1. The molecular weight excluding hydrogens is 666 g/mol. The van der Waals surface area contributed by atoms with Crippen molar-refractivity contribution in [3.8, 4) is 11.5 Å². The summed E-state index contributed by atoms with van der Waals surface area (Å²) in [4.78, 5) is 12.7. The van der Waals surface area contributed by atoms with Crippen LogP contribution in [0.4, 0.5) is 0 Å². The Morgan fingerprint density at radius 2 is 1.31 bits per heavy atom. The summed E-state index contributed by atoms with van der Waals surface area (Å²) in [6.45, 7) is 0.881. The summed E-state index contributed by atoms with van der Waals surface area (Å²) >= 11 is 4.50. The molecule has 0 aliphatic carbocycles. The molecule has 4 rings (SSSR count).